The number of nitrogens with two attached hydrogens (primary N) is 2. The number of H-pyrrole nitrogens is 2. The second-order valence-electron chi connectivity index (χ2n) is 8.44. The lowest BCUT2D eigenvalue weighted by Crippen LogP contribution is -2.55. The van der Waals surface area contributed by atoms with Crippen molar-refractivity contribution in [2.75, 3.05) is 6.54 Å². The molecule has 12 N–H and O–H groups in total. The molecule has 4 heterocycles. The molecule has 0 aromatic carbocycles. The average Bonchev–Trinajstić information content (AvgIpc) is 3.60. The number of hydrogen-bond donors (Lipinski definition) is 10. The number of hydrogen-bond acceptors (Lipinski definition) is 8. The molecule has 0 aliphatic carbocycles. The van der Waals surface area contributed by atoms with E-state index in [0.717, 1.165) is 4.47 Å². The Labute approximate surface area is 256 Å². The van der Waals surface area contributed by atoms with E-state index in [1.807, 2.05) is 0 Å². The van der Waals surface area contributed by atoms with Gasteiger partial charge in [-0.3, -0.25) is 31.2 Å². The normalized spacial score (nSPS) is 22.9. The zero-order chi connectivity index (χ0) is 28.3. The molecule has 4 rings (SSSR count). The summed E-state index contributed by atoms with van der Waals surface area (Å²) in [6.45, 7) is 0.212. The van der Waals surface area contributed by atoms with Crippen LogP contribution >= 0.6 is 63.7 Å². The molecule has 0 bridgehead atoms. The Morgan fingerprint density at radius 3 is 2.13 bits per heavy atom. The molecule has 2 aromatic heterocycles. The molecule has 2 aromatic rings. The fraction of sp³-hybridized carbons (Fsp3) is 0.227. The Bertz CT molecular complexity index is 1340. The topological polar surface area (TPSA) is 207 Å². The van der Waals surface area contributed by atoms with Crippen LogP contribution in [-0.2, 0) is 4.79 Å². The number of allylic oxidation sites excluding steroid dienone is 1. The van der Waals surface area contributed by atoms with Gasteiger partial charge in [0.1, 0.15) is 29.5 Å². The van der Waals surface area contributed by atoms with Gasteiger partial charge in [0.05, 0.1) is 29.5 Å². The minimum Gasteiger partial charge on any atom is -0.353 e. The molecule has 3 unspecified atom stereocenters. The lowest BCUT2D eigenvalue weighted by atomic mass is 9.89. The highest BCUT2D eigenvalue weighted by Crippen LogP contribution is 2.29. The Balaban J connectivity index is 1.47. The van der Waals surface area contributed by atoms with Crippen LogP contribution in [0.1, 0.15) is 27.4 Å². The number of amides is 3. The second kappa shape index (κ2) is 12.4. The van der Waals surface area contributed by atoms with E-state index in [2.05, 4.69) is 106 Å². The second-order valence-corrected chi connectivity index (χ2v) is 11.7. The molecule has 2 aliphatic rings. The van der Waals surface area contributed by atoms with Crippen LogP contribution in [0.2, 0.25) is 0 Å². The number of carbonyl (C=O) groups is 3. The first-order chi connectivity index (χ1) is 18.5. The Morgan fingerprint density at radius 2 is 1.56 bits per heavy atom. The van der Waals surface area contributed by atoms with Gasteiger partial charge in [-0.05, 0) is 81.9 Å². The molecule has 0 radical (unpaired) electrons. The molecule has 1 saturated heterocycles. The molecule has 0 spiro atoms. The van der Waals surface area contributed by atoms with Crippen molar-refractivity contribution in [1.29, 1.82) is 0 Å². The number of aromatic amines is 2. The summed E-state index contributed by atoms with van der Waals surface area (Å²) in [4.78, 5) is 43.7. The Hall–Kier alpha value is -2.41. The maximum absolute atomic E-state index is 13.1. The average molecular weight is 796 g/mol. The number of carbonyl (C=O) groups excluding carboxylic acids is 3. The molecule has 13 nitrogen and oxygen atoms in total. The highest BCUT2D eigenvalue weighted by atomic mass is 79.9. The summed E-state index contributed by atoms with van der Waals surface area (Å²) in [5.74, 6) is -1.03. The van der Waals surface area contributed by atoms with Crippen molar-refractivity contribution in [3.05, 3.63) is 77.5 Å². The summed E-state index contributed by atoms with van der Waals surface area (Å²) in [5, 5.41) is 17.3. The van der Waals surface area contributed by atoms with E-state index in [0.29, 0.717) is 36.5 Å². The van der Waals surface area contributed by atoms with Gasteiger partial charge in [-0.15, -0.1) is 0 Å². The Morgan fingerprint density at radius 1 is 0.923 bits per heavy atom. The zero-order valence-corrected chi connectivity index (χ0v) is 26.3. The molecule has 0 saturated carbocycles. The molecule has 208 valence electrons. The van der Waals surface area contributed by atoms with Crippen molar-refractivity contribution in [1.82, 2.24) is 41.9 Å². The van der Waals surface area contributed by atoms with Gasteiger partial charge in [0.2, 0.25) is 5.91 Å². The van der Waals surface area contributed by atoms with Crippen LogP contribution in [0.25, 0.3) is 0 Å². The van der Waals surface area contributed by atoms with E-state index in [1.165, 1.54) is 6.20 Å². The van der Waals surface area contributed by atoms with E-state index >= 15 is 0 Å². The van der Waals surface area contributed by atoms with Gasteiger partial charge in [-0.1, -0.05) is 12.2 Å². The minimum absolute atomic E-state index is 0.131. The molecule has 3 atom stereocenters. The van der Waals surface area contributed by atoms with Gasteiger partial charge in [0.15, 0.2) is 0 Å². The van der Waals surface area contributed by atoms with Gasteiger partial charge in [-0.25, -0.2) is 0 Å². The third kappa shape index (κ3) is 6.67. The first-order valence-corrected chi connectivity index (χ1v) is 14.5. The minimum atomic E-state index is -1.30. The van der Waals surface area contributed by atoms with Crippen molar-refractivity contribution in [3.63, 3.8) is 0 Å². The summed E-state index contributed by atoms with van der Waals surface area (Å²) in [6, 6.07) is 3.30. The van der Waals surface area contributed by atoms with Crippen molar-refractivity contribution in [2.45, 2.75) is 24.5 Å². The first kappa shape index (κ1) is 29.6. The predicted octanol–water partition coefficient (Wildman–Crippen LogP) is 1.36. The summed E-state index contributed by atoms with van der Waals surface area (Å²) in [7, 11) is 0. The van der Waals surface area contributed by atoms with E-state index in [-0.39, 0.29) is 30.7 Å². The van der Waals surface area contributed by atoms with Gasteiger partial charge in [0.25, 0.3) is 11.8 Å². The fourth-order valence-electron chi connectivity index (χ4n) is 3.99. The van der Waals surface area contributed by atoms with Crippen LogP contribution < -0.4 is 43.4 Å². The van der Waals surface area contributed by atoms with Gasteiger partial charge in [0, 0.05) is 19.2 Å². The number of nitrogens with one attached hydrogen (secondary N) is 8. The lowest BCUT2D eigenvalue weighted by molar-refractivity contribution is -0.123. The summed E-state index contributed by atoms with van der Waals surface area (Å²) in [5.41, 5.74) is 12.5. The predicted molar refractivity (Wildman–Crippen MR) is 158 cm³/mol. The first-order valence-electron chi connectivity index (χ1n) is 11.4. The summed E-state index contributed by atoms with van der Waals surface area (Å²) in [6.07, 6.45) is 5.19. The van der Waals surface area contributed by atoms with E-state index in [9.17, 15) is 14.4 Å². The van der Waals surface area contributed by atoms with E-state index in [4.69, 9.17) is 11.5 Å². The van der Waals surface area contributed by atoms with E-state index in [1.54, 1.807) is 30.4 Å². The van der Waals surface area contributed by atoms with Gasteiger partial charge >= 0.3 is 0 Å². The number of rotatable bonds is 9. The van der Waals surface area contributed by atoms with Crippen LogP contribution in [-0.4, -0.2) is 52.4 Å². The smallest absolute Gasteiger partial charge is 0.271 e. The molecular weight excluding hydrogens is 772 g/mol. The Kier molecular flexibility index (Phi) is 9.41. The third-order valence-corrected chi connectivity index (χ3v) is 9.31. The monoisotopic (exact) mass is 792 g/mol. The molecular formula is C22H24Br4N10O3. The van der Waals surface area contributed by atoms with Crippen molar-refractivity contribution in [2.24, 2.45) is 11.5 Å². The quantitative estimate of drug-likeness (QED) is 0.179. The number of aromatic nitrogens is 2. The van der Waals surface area contributed by atoms with Gasteiger partial charge < -0.3 is 36.6 Å². The molecule has 17 heteroatoms. The van der Waals surface area contributed by atoms with Crippen LogP contribution in [0.5, 0.6) is 0 Å². The van der Waals surface area contributed by atoms with Crippen molar-refractivity contribution < 1.29 is 14.4 Å². The lowest BCUT2D eigenvalue weighted by Gasteiger charge is -2.28. The summed E-state index contributed by atoms with van der Waals surface area (Å²) >= 11 is 13.3. The van der Waals surface area contributed by atoms with Crippen molar-refractivity contribution in [3.8, 4) is 0 Å². The van der Waals surface area contributed by atoms with Crippen LogP contribution in [0.3, 0.4) is 0 Å². The van der Waals surface area contributed by atoms with Crippen LogP contribution in [0, 0.1) is 0 Å². The highest BCUT2D eigenvalue weighted by molar-refractivity contribution is 9.13. The van der Waals surface area contributed by atoms with Gasteiger partial charge in [-0.2, -0.15) is 0 Å². The summed E-state index contributed by atoms with van der Waals surface area (Å²) < 4.78 is 2.76. The largest absolute Gasteiger partial charge is 0.353 e. The van der Waals surface area contributed by atoms with E-state index < -0.39 is 18.1 Å². The SMILES string of the molecule is NC1NC(C=CCNC(=O)c2cc(Br)c(Br)[nH]2)=C(C2(CC=CNC(=O)c3cc(Br)c(Br)[nH]3)NC(N)NC2=O)N1. The zero-order valence-electron chi connectivity index (χ0n) is 19.9. The number of halogens is 4. The van der Waals surface area contributed by atoms with Crippen LogP contribution in [0.4, 0.5) is 0 Å². The maximum Gasteiger partial charge on any atom is 0.271 e. The standard InChI is InChI=1S/C22H24Br4N10O3/c23-9-7-12(31-15(9)25)17(37)29-5-1-3-11-14(34-20(27)33-11)22(19(39)35-21(28)36-22)4-2-6-30-18(38)13-8-10(24)16(26)32-13/h1-3,6-8,20-21,31-34,36H,4-5,27-28H2,(H,29,37)(H,30,38)(H,35,39). The highest BCUT2D eigenvalue weighted by Gasteiger charge is 2.50. The fourth-order valence-corrected chi connectivity index (χ4v) is 5.30. The maximum atomic E-state index is 13.1. The third-order valence-electron chi connectivity index (χ3n) is 5.74. The van der Waals surface area contributed by atoms with Crippen molar-refractivity contribution >= 4 is 81.4 Å². The molecule has 2 aliphatic heterocycles. The molecule has 1 fully saturated rings. The van der Waals surface area contributed by atoms with Crippen LogP contribution in [0.15, 0.2) is 66.1 Å². The molecule has 39 heavy (non-hydrogen) atoms. The molecule has 3 amide bonds.